The average molecular weight is 653 g/mol. The maximum Gasteiger partial charge on any atom is 0.417 e. The van der Waals surface area contributed by atoms with Crippen LogP contribution in [-0.4, -0.2) is 28.3 Å². The summed E-state index contributed by atoms with van der Waals surface area (Å²) in [5.74, 6) is -1.70. The molecule has 8 rings (SSSR count). The number of nitrogens with zero attached hydrogens (tertiary/aromatic N) is 3. The first kappa shape index (κ1) is 30.2. The van der Waals surface area contributed by atoms with Gasteiger partial charge in [0.25, 0.3) is 0 Å². The molecule has 0 saturated heterocycles. The molecule has 0 saturated carbocycles. The lowest BCUT2D eigenvalue weighted by atomic mass is 9.79. The molecule has 3 aromatic carbocycles. The Labute approximate surface area is 273 Å². The number of rotatable bonds is 7. The van der Waals surface area contributed by atoms with Gasteiger partial charge in [0.15, 0.2) is 17.4 Å². The van der Waals surface area contributed by atoms with Crippen molar-refractivity contribution in [3.8, 4) is 11.3 Å². The molecular formula is C38H29F5N4O. The summed E-state index contributed by atoms with van der Waals surface area (Å²) in [5, 5.41) is 7.34. The number of aryl methyl sites for hydroxylation is 1. The van der Waals surface area contributed by atoms with Crippen LogP contribution in [0.4, 0.5) is 22.0 Å². The number of aliphatic imine (C=N–C) groups is 2. The van der Waals surface area contributed by atoms with Crippen LogP contribution in [0, 0.1) is 11.6 Å². The van der Waals surface area contributed by atoms with Crippen molar-refractivity contribution < 1.29 is 26.5 Å². The monoisotopic (exact) mass is 652 g/mol. The number of hydrogen-bond acceptors (Lipinski definition) is 5. The van der Waals surface area contributed by atoms with Gasteiger partial charge >= 0.3 is 6.18 Å². The fourth-order valence-corrected chi connectivity index (χ4v) is 7.31. The molecule has 0 fully saturated rings. The van der Waals surface area contributed by atoms with Gasteiger partial charge in [-0.05, 0) is 66.0 Å². The second-order valence-electron chi connectivity index (χ2n) is 12.5. The normalized spacial score (nSPS) is 22.4. The van der Waals surface area contributed by atoms with Crippen LogP contribution in [0.1, 0.15) is 65.7 Å². The lowest BCUT2D eigenvalue weighted by Crippen LogP contribution is -2.37. The van der Waals surface area contributed by atoms with E-state index in [1.165, 1.54) is 24.3 Å². The van der Waals surface area contributed by atoms with Gasteiger partial charge in [0.1, 0.15) is 17.1 Å². The molecule has 1 spiro atoms. The molecule has 3 heterocycles. The van der Waals surface area contributed by atoms with E-state index in [4.69, 9.17) is 14.5 Å². The topological polar surface area (TPSA) is 62.8 Å². The minimum Gasteiger partial charge on any atom is -0.356 e. The fraction of sp³-hybridized carbons (Fsp3) is 0.237. The van der Waals surface area contributed by atoms with E-state index in [9.17, 15) is 22.0 Å². The Hall–Kier alpha value is -5.12. The number of alkyl halides is 3. The maximum atomic E-state index is 14.8. The number of unbranched alkanes of at least 4 members (excludes halogenated alkanes) is 1. The first-order valence-electron chi connectivity index (χ1n) is 15.9. The van der Waals surface area contributed by atoms with E-state index in [1.54, 1.807) is 12.1 Å². The molecule has 1 aromatic heterocycles. The van der Waals surface area contributed by atoms with Crippen LogP contribution >= 0.6 is 0 Å². The van der Waals surface area contributed by atoms with Crippen molar-refractivity contribution in [3.63, 3.8) is 0 Å². The van der Waals surface area contributed by atoms with E-state index in [0.29, 0.717) is 35.6 Å². The number of nitrogens with one attached hydrogen (secondary N) is 1. The van der Waals surface area contributed by atoms with Crippen molar-refractivity contribution in [1.82, 2.24) is 10.5 Å². The standard InChI is InChI=1S/C38H29F5N4O/c1-2-3-8-21-15-16-24(27(17-21)38(41,42)43)29-19-31(48-47-29)26-18-22-9-4-5-10-23(22)34(26)30-20-37-32(44-30)13-7-14-33(37)45-36(46-37)25-11-6-12-28(39)35(25)40/h4-7,9-19,30,34H,2-3,8,20H2,1H3,(H,45,46). The van der Waals surface area contributed by atoms with E-state index in [-0.39, 0.29) is 34.6 Å². The summed E-state index contributed by atoms with van der Waals surface area (Å²) >= 11 is 0. The van der Waals surface area contributed by atoms with E-state index in [0.717, 1.165) is 35.6 Å². The number of halogens is 5. The SMILES string of the molecule is CCCCc1ccc(-c2cc(C3=Cc4ccccc4C3C3CC45N=C(c6cccc(F)c6F)NC4=CC=CC5=N3)on2)c(C(F)(F)F)c1. The summed E-state index contributed by atoms with van der Waals surface area (Å²) in [6, 6.07) is 17.4. The molecule has 1 N–H and O–H groups in total. The van der Waals surface area contributed by atoms with Crippen LogP contribution in [0.5, 0.6) is 0 Å². The summed E-state index contributed by atoms with van der Waals surface area (Å²) in [6.07, 6.45) is 5.64. The van der Waals surface area contributed by atoms with Crippen LogP contribution < -0.4 is 5.32 Å². The average Bonchev–Trinajstić information content (AvgIpc) is 3.86. The van der Waals surface area contributed by atoms with Gasteiger partial charge in [0.2, 0.25) is 0 Å². The van der Waals surface area contributed by atoms with Crippen LogP contribution in [0.25, 0.3) is 22.9 Å². The molecule has 2 aliphatic carbocycles. The number of aromatic nitrogens is 1. The summed E-state index contributed by atoms with van der Waals surface area (Å²) < 4.78 is 77.6. The Morgan fingerprint density at radius 3 is 2.69 bits per heavy atom. The molecule has 3 atom stereocenters. The smallest absolute Gasteiger partial charge is 0.356 e. The number of benzene rings is 3. The molecule has 2 aliphatic heterocycles. The van der Waals surface area contributed by atoms with Crippen LogP contribution in [-0.2, 0) is 12.6 Å². The highest BCUT2D eigenvalue weighted by Gasteiger charge is 2.53. The zero-order chi connectivity index (χ0) is 33.2. The molecule has 0 radical (unpaired) electrons. The molecule has 4 aromatic rings. The van der Waals surface area contributed by atoms with Crippen molar-refractivity contribution >= 4 is 23.2 Å². The quantitative estimate of drug-likeness (QED) is 0.203. The lowest BCUT2D eigenvalue weighted by Gasteiger charge is -2.27. The number of hydrogen-bond donors (Lipinski definition) is 1. The largest absolute Gasteiger partial charge is 0.417 e. The highest BCUT2D eigenvalue weighted by molar-refractivity contribution is 6.15. The third-order valence-corrected chi connectivity index (χ3v) is 9.60. The van der Waals surface area contributed by atoms with Gasteiger partial charge in [0.05, 0.1) is 28.6 Å². The van der Waals surface area contributed by atoms with Gasteiger partial charge in [0, 0.05) is 29.5 Å². The summed E-state index contributed by atoms with van der Waals surface area (Å²) in [4.78, 5) is 10.1. The van der Waals surface area contributed by atoms with E-state index in [1.807, 2.05) is 55.5 Å². The van der Waals surface area contributed by atoms with Crippen molar-refractivity contribution in [2.45, 2.75) is 56.3 Å². The second kappa shape index (κ2) is 11.2. The molecule has 3 unspecified atom stereocenters. The van der Waals surface area contributed by atoms with Gasteiger partial charge in [-0.1, -0.05) is 67.0 Å². The number of allylic oxidation sites excluding steroid dienone is 2. The number of amidine groups is 1. The highest BCUT2D eigenvalue weighted by atomic mass is 19.4. The van der Waals surface area contributed by atoms with Gasteiger partial charge in [-0.25, -0.2) is 13.8 Å². The summed E-state index contributed by atoms with van der Waals surface area (Å²) in [7, 11) is 0. The van der Waals surface area contributed by atoms with Gasteiger partial charge < -0.3 is 9.84 Å². The van der Waals surface area contributed by atoms with Gasteiger partial charge in [-0.15, -0.1) is 0 Å². The van der Waals surface area contributed by atoms with E-state index in [2.05, 4.69) is 10.5 Å². The fourth-order valence-electron chi connectivity index (χ4n) is 7.31. The molecule has 0 bridgehead atoms. The summed E-state index contributed by atoms with van der Waals surface area (Å²) in [6.45, 7) is 2.00. The Morgan fingerprint density at radius 2 is 1.85 bits per heavy atom. The van der Waals surface area contributed by atoms with Gasteiger partial charge in [-0.3, -0.25) is 4.99 Å². The zero-order valence-electron chi connectivity index (χ0n) is 25.8. The molecule has 5 nitrogen and oxygen atoms in total. The minimum atomic E-state index is -4.57. The Balaban J connectivity index is 1.16. The van der Waals surface area contributed by atoms with Crippen molar-refractivity contribution in [1.29, 1.82) is 0 Å². The first-order chi connectivity index (χ1) is 23.2. The molecule has 242 valence electrons. The Kier molecular flexibility index (Phi) is 7.08. The third kappa shape index (κ3) is 4.84. The third-order valence-electron chi connectivity index (χ3n) is 9.60. The first-order valence-corrected chi connectivity index (χ1v) is 15.9. The molecule has 48 heavy (non-hydrogen) atoms. The van der Waals surface area contributed by atoms with E-state index < -0.39 is 28.9 Å². The van der Waals surface area contributed by atoms with Crippen LogP contribution in [0.3, 0.4) is 0 Å². The molecule has 0 amide bonds. The Morgan fingerprint density at radius 1 is 1.00 bits per heavy atom. The molecule has 4 aliphatic rings. The summed E-state index contributed by atoms with van der Waals surface area (Å²) in [5.41, 5.74) is 3.12. The van der Waals surface area contributed by atoms with Crippen molar-refractivity contribution in [3.05, 3.63) is 136 Å². The maximum absolute atomic E-state index is 14.8. The second-order valence-corrected chi connectivity index (χ2v) is 12.5. The van der Waals surface area contributed by atoms with Crippen LogP contribution in [0.2, 0.25) is 0 Å². The van der Waals surface area contributed by atoms with Crippen LogP contribution in [0.15, 0.2) is 105 Å². The number of fused-ring (bicyclic) bond motifs is 1. The predicted molar refractivity (Wildman–Crippen MR) is 174 cm³/mol. The predicted octanol–water partition coefficient (Wildman–Crippen LogP) is 9.07. The van der Waals surface area contributed by atoms with Gasteiger partial charge in [-0.2, -0.15) is 13.2 Å². The molecular weight excluding hydrogens is 623 g/mol. The lowest BCUT2D eigenvalue weighted by molar-refractivity contribution is -0.137. The Bertz CT molecular complexity index is 2120. The molecule has 10 heteroatoms. The highest BCUT2D eigenvalue weighted by Crippen LogP contribution is 2.52. The van der Waals surface area contributed by atoms with Crippen molar-refractivity contribution in [2.24, 2.45) is 9.98 Å². The van der Waals surface area contributed by atoms with E-state index >= 15 is 0 Å². The van der Waals surface area contributed by atoms with Crippen molar-refractivity contribution in [2.75, 3.05) is 0 Å². The zero-order valence-corrected chi connectivity index (χ0v) is 25.8. The minimum absolute atomic E-state index is 0.0279.